The van der Waals surface area contributed by atoms with Crippen LogP contribution in [0.3, 0.4) is 0 Å². The van der Waals surface area contributed by atoms with Gasteiger partial charge >= 0.3 is 0 Å². The molecule has 0 spiro atoms. The van der Waals surface area contributed by atoms with Crippen molar-refractivity contribution in [3.63, 3.8) is 0 Å². The molecular formula is C25H13F5. The summed E-state index contributed by atoms with van der Waals surface area (Å²) < 4.78 is 69.8. The summed E-state index contributed by atoms with van der Waals surface area (Å²) >= 11 is 0. The van der Waals surface area contributed by atoms with Gasteiger partial charge in [0.15, 0.2) is 11.6 Å². The van der Waals surface area contributed by atoms with Gasteiger partial charge in [0.2, 0.25) is 0 Å². The number of hydrogen-bond acceptors (Lipinski definition) is 0. The van der Waals surface area contributed by atoms with Crippen molar-refractivity contribution in [2.45, 2.75) is 6.92 Å². The van der Waals surface area contributed by atoms with Crippen LogP contribution in [0.5, 0.6) is 0 Å². The lowest BCUT2D eigenvalue weighted by Gasteiger charge is -2.07. The summed E-state index contributed by atoms with van der Waals surface area (Å²) in [4.78, 5) is 0. The predicted molar refractivity (Wildman–Crippen MR) is 106 cm³/mol. The van der Waals surface area contributed by atoms with Crippen LogP contribution in [0.25, 0.3) is 21.9 Å². The van der Waals surface area contributed by atoms with Gasteiger partial charge in [-0.05, 0) is 65.9 Å². The molecule has 5 heteroatoms. The van der Waals surface area contributed by atoms with E-state index in [0.29, 0.717) is 16.5 Å². The van der Waals surface area contributed by atoms with Crippen molar-refractivity contribution in [2.24, 2.45) is 0 Å². The largest absolute Gasteiger partial charge is 0.206 e. The molecule has 148 valence electrons. The SMILES string of the molecule is Cc1cc(F)c(-c2ccc(C#Cc3ccc4c(F)c(F)ccc4c3)c(F)c2)c(F)c1. The minimum Gasteiger partial charge on any atom is -0.206 e. The van der Waals surface area contributed by atoms with E-state index in [1.807, 2.05) is 0 Å². The second-order valence-electron chi connectivity index (χ2n) is 6.85. The fourth-order valence-corrected chi connectivity index (χ4v) is 3.23. The molecule has 0 nitrogen and oxygen atoms in total. The maximum atomic E-state index is 14.5. The normalized spacial score (nSPS) is 10.7. The number of hydrogen-bond donors (Lipinski definition) is 0. The molecule has 0 aliphatic carbocycles. The zero-order chi connectivity index (χ0) is 21.4. The number of halogens is 5. The monoisotopic (exact) mass is 408 g/mol. The smallest absolute Gasteiger partial charge is 0.166 e. The molecule has 30 heavy (non-hydrogen) atoms. The molecule has 0 saturated heterocycles. The van der Waals surface area contributed by atoms with Crippen LogP contribution in [-0.2, 0) is 0 Å². The summed E-state index contributed by atoms with van der Waals surface area (Å²) in [5.41, 5.74) is 0.707. The van der Waals surface area contributed by atoms with Crippen molar-refractivity contribution in [3.8, 4) is 23.0 Å². The summed E-state index contributed by atoms with van der Waals surface area (Å²) in [6, 6.07) is 13.0. The molecule has 0 heterocycles. The Morgan fingerprint density at radius 3 is 2.07 bits per heavy atom. The van der Waals surface area contributed by atoms with Crippen molar-refractivity contribution in [3.05, 3.63) is 106 Å². The Hall–Kier alpha value is -3.65. The van der Waals surface area contributed by atoms with Gasteiger partial charge in [0.1, 0.15) is 17.5 Å². The first-order chi connectivity index (χ1) is 14.3. The van der Waals surface area contributed by atoms with Gasteiger partial charge in [0.05, 0.1) is 11.1 Å². The lowest BCUT2D eigenvalue weighted by molar-refractivity contribution is 0.517. The summed E-state index contributed by atoms with van der Waals surface area (Å²) in [5, 5.41) is 0.583. The van der Waals surface area contributed by atoms with E-state index in [2.05, 4.69) is 11.8 Å². The summed E-state index contributed by atoms with van der Waals surface area (Å²) in [6.07, 6.45) is 0. The van der Waals surface area contributed by atoms with Gasteiger partial charge in [-0.3, -0.25) is 0 Å². The van der Waals surface area contributed by atoms with Crippen molar-refractivity contribution in [1.82, 2.24) is 0 Å². The van der Waals surface area contributed by atoms with E-state index >= 15 is 0 Å². The zero-order valence-corrected chi connectivity index (χ0v) is 15.7. The first kappa shape index (κ1) is 19.7. The summed E-state index contributed by atoms with van der Waals surface area (Å²) in [6.45, 7) is 1.56. The number of benzene rings is 4. The van der Waals surface area contributed by atoms with Gasteiger partial charge in [-0.15, -0.1) is 0 Å². The van der Waals surface area contributed by atoms with E-state index in [0.717, 1.165) is 12.1 Å². The van der Waals surface area contributed by atoms with Gasteiger partial charge in [-0.1, -0.05) is 30.0 Å². The molecular weight excluding hydrogens is 395 g/mol. The van der Waals surface area contributed by atoms with Crippen LogP contribution in [-0.4, -0.2) is 0 Å². The molecule has 4 aromatic rings. The van der Waals surface area contributed by atoms with Crippen LogP contribution >= 0.6 is 0 Å². The third-order valence-electron chi connectivity index (χ3n) is 4.69. The van der Waals surface area contributed by atoms with Crippen LogP contribution < -0.4 is 0 Å². The molecule has 0 amide bonds. The molecule has 0 saturated carbocycles. The minimum atomic E-state index is -0.941. The Kier molecular flexibility index (Phi) is 5.01. The maximum Gasteiger partial charge on any atom is 0.166 e. The molecule has 4 rings (SSSR count). The van der Waals surface area contributed by atoms with Gasteiger partial charge in [-0.25, -0.2) is 22.0 Å². The molecule has 0 bridgehead atoms. The van der Waals surface area contributed by atoms with E-state index in [-0.39, 0.29) is 22.1 Å². The van der Waals surface area contributed by atoms with E-state index in [1.54, 1.807) is 13.0 Å². The average Bonchev–Trinajstić information content (AvgIpc) is 2.69. The van der Waals surface area contributed by atoms with Gasteiger partial charge in [0, 0.05) is 10.9 Å². The number of fused-ring (bicyclic) bond motifs is 1. The Morgan fingerprint density at radius 2 is 1.37 bits per heavy atom. The highest BCUT2D eigenvalue weighted by Gasteiger charge is 2.14. The molecule has 0 radical (unpaired) electrons. The highest BCUT2D eigenvalue weighted by Crippen LogP contribution is 2.28. The predicted octanol–water partition coefficient (Wildman–Crippen LogP) is 6.91. The standard InChI is InChI=1S/C25H13F5/c1-14-10-22(28)24(23(29)11-14)18-6-5-16(21(27)13-18)4-2-15-3-8-19-17(12-15)7-9-20(26)25(19)30/h3,5-13H,1H3. The van der Waals surface area contributed by atoms with E-state index < -0.39 is 29.1 Å². The maximum absolute atomic E-state index is 14.5. The quantitative estimate of drug-likeness (QED) is 0.237. The highest BCUT2D eigenvalue weighted by atomic mass is 19.2. The van der Waals surface area contributed by atoms with Gasteiger partial charge < -0.3 is 0 Å². The molecule has 4 aromatic carbocycles. The van der Waals surface area contributed by atoms with E-state index in [9.17, 15) is 22.0 Å². The molecule has 0 aliphatic heterocycles. The van der Waals surface area contributed by atoms with E-state index in [1.165, 1.54) is 42.5 Å². The molecule has 0 unspecified atom stereocenters. The first-order valence-corrected chi connectivity index (χ1v) is 8.99. The molecule has 0 atom stereocenters. The van der Waals surface area contributed by atoms with Crippen molar-refractivity contribution in [1.29, 1.82) is 0 Å². The second-order valence-corrected chi connectivity index (χ2v) is 6.85. The minimum absolute atomic E-state index is 0.0389. The highest BCUT2D eigenvalue weighted by molar-refractivity contribution is 5.84. The van der Waals surface area contributed by atoms with Crippen LogP contribution in [0.2, 0.25) is 0 Å². The summed E-state index contributed by atoms with van der Waals surface area (Å²) in [7, 11) is 0. The average molecular weight is 408 g/mol. The fraction of sp³-hybridized carbons (Fsp3) is 0.0400. The Balaban J connectivity index is 1.69. The van der Waals surface area contributed by atoms with Crippen LogP contribution in [0, 0.1) is 47.9 Å². The topological polar surface area (TPSA) is 0 Å². The Labute approximate surface area is 169 Å². The molecule has 0 fully saturated rings. The number of aryl methyl sites for hydroxylation is 1. The molecule has 0 N–H and O–H groups in total. The Morgan fingerprint density at radius 1 is 0.633 bits per heavy atom. The van der Waals surface area contributed by atoms with Gasteiger partial charge in [-0.2, -0.15) is 0 Å². The Bertz CT molecular complexity index is 1340. The zero-order valence-electron chi connectivity index (χ0n) is 15.7. The van der Waals surface area contributed by atoms with Crippen molar-refractivity contribution >= 4 is 10.8 Å². The fourth-order valence-electron chi connectivity index (χ4n) is 3.23. The van der Waals surface area contributed by atoms with Crippen LogP contribution in [0.1, 0.15) is 16.7 Å². The molecule has 0 aromatic heterocycles. The molecule has 0 aliphatic rings. The van der Waals surface area contributed by atoms with Gasteiger partial charge in [0.25, 0.3) is 0 Å². The van der Waals surface area contributed by atoms with E-state index in [4.69, 9.17) is 0 Å². The summed E-state index contributed by atoms with van der Waals surface area (Å²) in [5.74, 6) is 1.27. The lowest BCUT2D eigenvalue weighted by atomic mass is 10.0. The van der Waals surface area contributed by atoms with Crippen LogP contribution in [0.15, 0.2) is 60.7 Å². The van der Waals surface area contributed by atoms with Crippen molar-refractivity contribution in [2.75, 3.05) is 0 Å². The van der Waals surface area contributed by atoms with Crippen LogP contribution in [0.4, 0.5) is 22.0 Å². The first-order valence-electron chi connectivity index (χ1n) is 8.99. The second kappa shape index (κ2) is 7.64. The lowest BCUT2D eigenvalue weighted by Crippen LogP contribution is -1.94. The third-order valence-corrected chi connectivity index (χ3v) is 4.69. The van der Waals surface area contributed by atoms with Crippen molar-refractivity contribution < 1.29 is 22.0 Å². The number of rotatable bonds is 1. The third kappa shape index (κ3) is 3.65.